The van der Waals surface area contributed by atoms with Crippen LogP contribution in [0, 0.1) is 0 Å². The van der Waals surface area contributed by atoms with Crippen LogP contribution in [0.4, 0.5) is 36.4 Å². The number of ether oxygens (including phenoxy) is 2. The molecule has 0 unspecified atom stereocenters. The lowest BCUT2D eigenvalue weighted by atomic mass is 10.1. The van der Waals surface area contributed by atoms with Gasteiger partial charge in [-0.25, -0.2) is 18.4 Å². The third-order valence-corrected chi connectivity index (χ3v) is 8.12. The highest BCUT2D eigenvalue weighted by Crippen LogP contribution is 2.38. The van der Waals surface area contributed by atoms with E-state index in [9.17, 15) is 21.6 Å². The minimum Gasteiger partial charge on any atom is -0.384 e. The second-order valence-corrected chi connectivity index (χ2v) is 10.8. The zero-order chi connectivity index (χ0) is 27.6. The van der Waals surface area contributed by atoms with Crippen LogP contribution in [-0.2, 0) is 25.7 Å². The third kappa shape index (κ3) is 6.06. The van der Waals surface area contributed by atoms with Gasteiger partial charge < -0.3 is 25.4 Å². The number of rotatable bonds is 6. The van der Waals surface area contributed by atoms with Crippen molar-refractivity contribution in [2.24, 2.45) is 0 Å². The van der Waals surface area contributed by atoms with Gasteiger partial charge in [0.15, 0.2) is 0 Å². The zero-order valence-electron chi connectivity index (χ0n) is 20.7. The number of anilines is 4. The molecule has 2 aromatic heterocycles. The number of pyridine rings is 1. The summed E-state index contributed by atoms with van der Waals surface area (Å²) >= 11 is 0. The van der Waals surface area contributed by atoms with E-state index in [0.717, 1.165) is 12.3 Å². The van der Waals surface area contributed by atoms with Crippen LogP contribution in [0.25, 0.3) is 11.3 Å². The molecule has 39 heavy (non-hydrogen) atoms. The summed E-state index contributed by atoms with van der Waals surface area (Å²) in [5, 5.41) is 3.04. The first kappa shape index (κ1) is 27.1. The second-order valence-electron chi connectivity index (χ2n) is 8.86. The van der Waals surface area contributed by atoms with Crippen LogP contribution in [0.2, 0.25) is 0 Å². The van der Waals surface area contributed by atoms with Gasteiger partial charge in [0.1, 0.15) is 11.6 Å². The molecule has 0 saturated carbocycles. The Morgan fingerprint density at radius 1 is 0.949 bits per heavy atom. The van der Waals surface area contributed by atoms with Crippen molar-refractivity contribution in [1.82, 2.24) is 19.3 Å². The Kier molecular flexibility index (Phi) is 7.57. The predicted octanol–water partition coefficient (Wildman–Crippen LogP) is 2.74. The highest BCUT2D eigenvalue weighted by Gasteiger charge is 2.35. The van der Waals surface area contributed by atoms with Crippen molar-refractivity contribution in [2.45, 2.75) is 11.1 Å². The van der Waals surface area contributed by atoms with Gasteiger partial charge in [0, 0.05) is 49.7 Å². The van der Waals surface area contributed by atoms with Gasteiger partial charge in [0.2, 0.25) is 16.0 Å². The maximum absolute atomic E-state index is 13.9. The number of aromatic nitrogens is 3. The normalized spacial score (nSPS) is 17.3. The van der Waals surface area contributed by atoms with Crippen LogP contribution in [0.15, 0.2) is 47.5 Å². The first-order valence-corrected chi connectivity index (χ1v) is 13.5. The lowest BCUT2D eigenvalue weighted by Crippen LogP contribution is -2.40. The number of benzene rings is 1. The average Bonchev–Trinajstić information content (AvgIpc) is 2.93. The van der Waals surface area contributed by atoms with E-state index in [-0.39, 0.29) is 46.8 Å². The highest BCUT2D eigenvalue weighted by atomic mass is 32.2. The molecule has 15 heteroatoms. The predicted molar refractivity (Wildman–Crippen MR) is 137 cm³/mol. The number of morpholine rings is 2. The maximum Gasteiger partial charge on any atom is 0.417 e. The largest absolute Gasteiger partial charge is 0.417 e. The summed E-state index contributed by atoms with van der Waals surface area (Å²) in [6.07, 6.45) is -3.67. The number of hydrogen-bond acceptors (Lipinski definition) is 10. The van der Waals surface area contributed by atoms with Gasteiger partial charge in [0.25, 0.3) is 0 Å². The number of nitrogens with zero attached hydrogens (tertiary/aromatic N) is 5. The van der Waals surface area contributed by atoms with E-state index in [1.54, 1.807) is 17.0 Å². The maximum atomic E-state index is 13.9. The lowest BCUT2D eigenvalue weighted by Gasteiger charge is -2.27. The van der Waals surface area contributed by atoms with Gasteiger partial charge in [-0.1, -0.05) is 6.07 Å². The molecule has 3 N–H and O–H groups in total. The number of hydrogen-bond donors (Lipinski definition) is 2. The van der Waals surface area contributed by atoms with Crippen molar-refractivity contribution < 1.29 is 31.1 Å². The van der Waals surface area contributed by atoms with E-state index < -0.39 is 21.8 Å². The van der Waals surface area contributed by atoms with Crippen molar-refractivity contribution in [3.8, 4) is 11.3 Å². The van der Waals surface area contributed by atoms with Crippen molar-refractivity contribution in [2.75, 3.05) is 68.6 Å². The molecular weight excluding hydrogens is 539 g/mol. The summed E-state index contributed by atoms with van der Waals surface area (Å²) in [5.41, 5.74) is 4.66. The number of alkyl halides is 3. The Hall–Kier alpha value is -3.53. The molecule has 2 aliphatic rings. The van der Waals surface area contributed by atoms with Crippen molar-refractivity contribution in [3.63, 3.8) is 0 Å². The van der Waals surface area contributed by atoms with Crippen LogP contribution < -0.4 is 16.0 Å². The Labute approximate surface area is 222 Å². The monoisotopic (exact) mass is 565 g/mol. The van der Waals surface area contributed by atoms with Gasteiger partial charge in [-0.15, -0.1) is 0 Å². The molecule has 0 aliphatic carbocycles. The quantitative estimate of drug-likeness (QED) is 0.459. The molecule has 0 atom stereocenters. The summed E-state index contributed by atoms with van der Waals surface area (Å²) in [5.74, 6) is 0.0953. The van der Waals surface area contributed by atoms with Crippen LogP contribution in [0.3, 0.4) is 0 Å². The standard InChI is InChI=1S/C24H26F3N7O4S/c25-24(26,27)19-13-21(28)29-15-18(19)20-14-22(32-23(31-20)33-4-8-37-9-5-33)30-16-2-1-3-17(12-16)39(35,36)34-6-10-38-11-7-34/h1-3,12-15H,4-11H2,(H2,28,29)(H,30,31,32). The van der Waals surface area contributed by atoms with E-state index in [2.05, 4.69) is 20.3 Å². The summed E-state index contributed by atoms with van der Waals surface area (Å²) in [4.78, 5) is 14.7. The van der Waals surface area contributed by atoms with Crippen molar-refractivity contribution in [3.05, 3.63) is 48.2 Å². The number of nitrogens with two attached hydrogens (primary N) is 1. The minimum atomic E-state index is -4.70. The van der Waals surface area contributed by atoms with E-state index in [1.165, 1.54) is 22.5 Å². The van der Waals surface area contributed by atoms with Crippen LogP contribution in [-0.4, -0.2) is 80.3 Å². The summed E-state index contributed by atoms with van der Waals surface area (Å²) in [6, 6.07) is 8.27. The van der Waals surface area contributed by atoms with E-state index in [4.69, 9.17) is 15.2 Å². The molecule has 0 amide bonds. The minimum absolute atomic E-state index is 0.0223. The average molecular weight is 566 g/mol. The fourth-order valence-electron chi connectivity index (χ4n) is 4.27. The highest BCUT2D eigenvalue weighted by molar-refractivity contribution is 7.89. The van der Waals surface area contributed by atoms with Crippen LogP contribution in [0.5, 0.6) is 0 Å². The summed E-state index contributed by atoms with van der Waals surface area (Å²) in [7, 11) is -3.77. The zero-order valence-corrected chi connectivity index (χ0v) is 21.5. The van der Waals surface area contributed by atoms with Gasteiger partial charge in [-0.05, 0) is 24.3 Å². The molecule has 208 valence electrons. The molecule has 0 bridgehead atoms. The topological polar surface area (TPSA) is 136 Å². The third-order valence-electron chi connectivity index (χ3n) is 6.23. The molecule has 2 fully saturated rings. The summed E-state index contributed by atoms with van der Waals surface area (Å²) < 4.78 is 79.9. The van der Waals surface area contributed by atoms with Crippen molar-refractivity contribution in [1.29, 1.82) is 0 Å². The molecule has 1 aromatic carbocycles. The van der Waals surface area contributed by atoms with Crippen molar-refractivity contribution >= 4 is 33.3 Å². The number of nitrogens with one attached hydrogen (secondary N) is 1. The lowest BCUT2D eigenvalue weighted by molar-refractivity contribution is -0.137. The smallest absolute Gasteiger partial charge is 0.384 e. The molecule has 2 aliphatic heterocycles. The fourth-order valence-corrected chi connectivity index (χ4v) is 5.72. The molecular formula is C24H26F3N7O4S. The molecule has 3 aromatic rings. The van der Waals surface area contributed by atoms with Gasteiger partial charge >= 0.3 is 6.18 Å². The Morgan fingerprint density at radius 3 is 2.33 bits per heavy atom. The summed E-state index contributed by atoms with van der Waals surface area (Å²) in [6.45, 7) is 2.83. The van der Waals surface area contributed by atoms with E-state index in [0.29, 0.717) is 45.2 Å². The molecule has 2 saturated heterocycles. The Morgan fingerprint density at radius 2 is 1.64 bits per heavy atom. The fraction of sp³-hybridized carbons (Fsp3) is 0.375. The number of halogens is 3. The SMILES string of the molecule is Nc1cc(C(F)(F)F)c(-c2cc(Nc3cccc(S(=O)(=O)N4CCOCC4)c3)nc(N3CCOCC3)n2)cn1. The molecule has 0 spiro atoms. The molecule has 5 rings (SSSR count). The van der Waals surface area contributed by atoms with E-state index >= 15 is 0 Å². The number of sulfonamides is 1. The van der Waals surface area contributed by atoms with Gasteiger partial charge in [-0.2, -0.15) is 22.5 Å². The second kappa shape index (κ2) is 10.9. The van der Waals surface area contributed by atoms with Crippen LogP contribution in [0.1, 0.15) is 5.56 Å². The van der Waals surface area contributed by atoms with Crippen LogP contribution >= 0.6 is 0 Å². The number of nitrogen functional groups attached to an aromatic ring is 1. The molecule has 4 heterocycles. The van der Waals surface area contributed by atoms with E-state index in [1.807, 2.05) is 0 Å². The first-order valence-electron chi connectivity index (χ1n) is 12.1. The molecule has 0 radical (unpaired) electrons. The van der Waals surface area contributed by atoms with Gasteiger partial charge in [0.05, 0.1) is 42.6 Å². The first-order chi connectivity index (χ1) is 18.6. The molecule has 11 nitrogen and oxygen atoms in total. The van der Waals surface area contributed by atoms with Gasteiger partial charge in [-0.3, -0.25) is 0 Å². The Balaban J connectivity index is 1.54. The Bertz CT molecular complexity index is 1440.